The molecule has 2 aromatic heterocycles. The molecule has 22 heteroatoms. The van der Waals surface area contributed by atoms with Gasteiger partial charge in [-0.05, 0) is 59.7 Å². The van der Waals surface area contributed by atoms with E-state index in [-0.39, 0.29) is 117 Å². The number of para-hydroxylation sites is 2. The van der Waals surface area contributed by atoms with Crippen LogP contribution < -0.4 is 91.0 Å². The largest absolute Gasteiger partial charge is 1.00 e. The van der Waals surface area contributed by atoms with E-state index in [1.54, 1.807) is 14.1 Å². The van der Waals surface area contributed by atoms with E-state index >= 15 is 0 Å². The Morgan fingerprint density at radius 1 is 0.446 bits per heavy atom. The Kier molecular flexibility index (Phi) is 15.2. The number of hydrogen-bond acceptors (Lipinski definition) is 18. The van der Waals surface area contributed by atoms with Gasteiger partial charge in [0.05, 0.1) is 9.79 Å². The Morgan fingerprint density at radius 3 is 1.05 bits per heavy atom. The number of hydrogen-bond donors (Lipinski definition) is 6. The predicted molar refractivity (Wildman–Crippen MR) is 203 cm³/mol. The summed E-state index contributed by atoms with van der Waals surface area (Å²) in [5.41, 5.74) is 1.58. The summed E-state index contributed by atoms with van der Waals surface area (Å²) >= 11 is 0. The first-order valence-corrected chi connectivity index (χ1v) is 18.6. The molecule has 4 aromatic carbocycles. The van der Waals surface area contributed by atoms with Gasteiger partial charge in [0.2, 0.25) is 35.7 Å². The first-order chi connectivity index (χ1) is 25.9. The van der Waals surface area contributed by atoms with Crippen LogP contribution in [0.1, 0.15) is 11.1 Å². The molecule has 0 spiro atoms. The molecule has 276 valence electrons. The van der Waals surface area contributed by atoms with Crippen molar-refractivity contribution >= 4 is 90.8 Å². The molecule has 0 saturated carbocycles. The van der Waals surface area contributed by atoms with Crippen LogP contribution in [0.15, 0.2) is 107 Å². The molecule has 0 atom stereocenters. The average molecular weight is 813 g/mol. The van der Waals surface area contributed by atoms with Crippen LogP contribution >= 0.6 is 0 Å². The third-order valence-corrected chi connectivity index (χ3v) is 9.08. The summed E-state index contributed by atoms with van der Waals surface area (Å²) in [5.74, 6) is 0.845. The predicted octanol–water partition coefficient (Wildman–Crippen LogP) is -0.899. The molecule has 0 aliphatic rings. The van der Waals surface area contributed by atoms with Gasteiger partial charge in [-0.2, -0.15) is 29.9 Å². The summed E-state index contributed by atoms with van der Waals surface area (Å²) < 4.78 is 74.3. The van der Waals surface area contributed by atoms with Crippen LogP contribution in [0.25, 0.3) is 12.2 Å². The van der Waals surface area contributed by atoms with E-state index in [2.05, 4.69) is 61.8 Å². The van der Waals surface area contributed by atoms with Crippen molar-refractivity contribution in [1.29, 1.82) is 0 Å². The van der Waals surface area contributed by atoms with Crippen LogP contribution in [-0.2, 0) is 20.2 Å². The van der Waals surface area contributed by atoms with Gasteiger partial charge in [0.1, 0.15) is 20.2 Å². The first-order valence-electron chi connectivity index (χ1n) is 15.8. The summed E-state index contributed by atoms with van der Waals surface area (Å²) in [7, 11) is -6.91. The maximum atomic E-state index is 12.4. The number of aromatic nitrogens is 6. The zero-order valence-electron chi connectivity index (χ0n) is 30.3. The van der Waals surface area contributed by atoms with Crippen molar-refractivity contribution in [2.45, 2.75) is 9.79 Å². The standard InChI is InChI=1S/C34H32N12O6S2.2Na/c1-35-29-41-31(37-23-9-5-3-6-10-23)45-33(43-29)39-25-17-15-21(27(19-25)53(47,48)49)13-14-22-16-18-26(20-28(22)54(50,51)52)40-34-44-30(36-2)42-32(46-34)38-24-11-7-4-8-12-24;;/h3-20H,1-2H3,(H,47,48,49)(H,50,51,52)(H3,35,37,39,41,43,45)(H3,36,38,40,42,44,46);;/q;2*+1/p-2. The number of nitrogens with one attached hydrogen (secondary N) is 6. The Labute approximate surface area is 366 Å². The average Bonchev–Trinajstić information content (AvgIpc) is 3.14. The molecular weight excluding hydrogens is 783 g/mol. The van der Waals surface area contributed by atoms with Gasteiger partial charge in [-0.1, -0.05) is 60.7 Å². The third kappa shape index (κ3) is 11.9. The van der Waals surface area contributed by atoms with E-state index in [0.29, 0.717) is 11.4 Å². The van der Waals surface area contributed by atoms with Gasteiger partial charge in [-0.25, -0.2) is 16.8 Å². The van der Waals surface area contributed by atoms with E-state index in [9.17, 15) is 25.9 Å². The van der Waals surface area contributed by atoms with Crippen LogP contribution in [0, 0.1) is 0 Å². The zero-order chi connectivity index (χ0) is 38.3. The van der Waals surface area contributed by atoms with Crippen molar-refractivity contribution in [2.75, 3.05) is 46.0 Å². The van der Waals surface area contributed by atoms with E-state index in [0.717, 1.165) is 12.1 Å². The molecule has 6 N–H and O–H groups in total. The fourth-order valence-corrected chi connectivity index (χ4v) is 6.26. The number of rotatable bonds is 14. The van der Waals surface area contributed by atoms with Crippen LogP contribution in [0.5, 0.6) is 0 Å². The fourth-order valence-electron chi connectivity index (χ4n) is 4.87. The maximum Gasteiger partial charge on any atom is 1.00 e. The van der Waals surface area contributed by atoms with Crippen molar-refractivity contribution < 1.29 is 85.1 Å². The number of benzene rings is 4. The second kappa shape index (κ2) is 19.4. The smallest absolute Gasteiger partial charge is 0.744 e. The van der Waals surface area contributed by atoms with Crippen LogP contribution in [0.4, 0.5) is 58.4 Å². The summed E-state index contributed by atoms with van der Waals surface area (Å²) in [6.45, 7) is 0. The summed E-state index contributed by atoms with van der Waals surface area (Å²) in [6.07, 6.45) is 2.42. The van der Waals surface area contributed by atoms with E-state index in [1.165, 1.54) is 36.4 Å². The molecule has 0 aliphatic heterocycles. The van der Waals surface area contributed by atoms with Crippen molar-refractivity contribution in [3.05, 3.63) is 108 Å². The quantitative estimate of drug-likeness (QED) is 0.0442. The molecule has 0 unspecified atom stereocenters. The zero-order valence-corrected chi connectivity index (χ0v) is 36.0. The SMILES string of the molecule is CNc1nc(Nc2ccccc2)nc(Nc2ccc(C=Cc3ccc(Nc4nc(NC)nc(Nc5ccccc5)n4)cc3S(=O)(=O)[O-])c(S(=O)(=O)[O-])c2)n1.[Na+].[Na+]. The van der Waals surface area contributed by atoms with Crippen molar-refractivity contribution in [3.63, 3.8) is 0 Å². The molecular formula is C34H30N12Na2O6S2. The Hall–Kier alpha value is -4.74. The third-order valence-electron chi connectivity index (χ3n) is 7.30. The summed E-state index contributed by atoms with van der Waals surface area (Å²) in [4.78, 5) is 24.4. The van der Waals surface area contributed by atoms with Crippen molar-refractivity contribution in [3.8, 4) is 0 Å². The van der Waals surface area contributed by atoms with Gasteiger partial charge in [-0.15, -0.1) is 0 Å². The van der Waals surface area contributed by atoms with Crippen LogP contribution in [-0.4, -0.2) is 69.9 Å². The minimum absolute atomic E-state index is 0. The molecule has 2 heterocycles. The molecule has 18 nitrogen and oxygen atoms in total. The fraction of sp³-hybridized carbons (Fsp3) is 0.0588. The molecule has 0 radical (unpaired) electrons. The molecule has 0 saturated heterocycles. The Balaban J connectivity index is 0.00000348. The molecule has 6 aromatic rings. The topological polar surface area (TPSA) is 264 Å². The second-order valence-electron chi connectivity index (χ2n) is 11.1. The molecule has 0 amide bonds. The summed E-state index contributed by atoms with van der Waals surface area (Å²) in [5, 5.41) is 17.5. The monoisotopic (exact) mass is 812 g/mol. The van der Waals surface area contributed by atoms with E-state index in [1.807, 2.05) is 60.7 Å². The van der Waals surface area contributed by atoms with E-state index < -0.39 is 30.0 Å². The van der Waals surface area contributed by atoms with Gasteiger partial charge < -0.3 is 41.0 Å². The summed E-state index contributed by atoms with van der Waals surface area (Å²) in [6, 6.07) is 26.0. The normalized spacial score (nSPS) is 11.1. The van der Waals surface area contributed by atoms with Gasteiger partial charge in [0, 0.05) is 36.8 Å². The van der Waals surface area contributed by atoms with Gasteiger partial charge >= 0.3 is 59.1 Å². The minimum Gasteiger partial charge on any atom is -0.744 e. The van der Waals surface area contributed by atoms with Crippen LogP contribution in [0.2, 0.25) is 0 Å². The van der Waals surface area contributed by atoms with Gasteiger partial charge in [-0.3, -0.25) is 0 Å². The molecule has 0 bridgehead atoms. The number of nitrogens with zero attached hydrogens (tertiary/aromatic N) is 6. The Bertz CT molecular complexity index is 2380. The first kappa shape index (κ1) is 44.0. The van der Waals surface area contributed by atoms with Gasteiger partial charge in [0.15, 0.2) is 0 Å². The van der Waals surface area contributed by atoms with Crippen molar-refractivity contribution in [2.24, 2.45) is 0 Å². The van der Waals surface area contributed by atoms with Gasteiger partial charge in [0.25, 0.3) is 0 Å². The van der Waals surface area contributed by atoms with Crippen LogP contribution in [0.3, 0.4) is 0 Å². The van der Waals surface area contributed by atoms with Crippen molar-refractivity contribution in [1.82, 2.24) is 29.9 Å². The minimum atomic E-state index is -5.06. The number of anilines is 10. The Morgan fingerprint density at radius 2 is 0.750 bits per heavy atom. The molecule has 0 fully saturated rings. The maximum absolute atomic E-state index is 12.4. The van der Waals surface area contributed by atoms with E-state index in [4.69, 9.17) is 0 Å². The second-order valence-corrected chi connectivity index (χ2v) is 13.8. The molecule has 6 rings (SSSR count). The molecule has 56 heavy (non-hydrogen) atoms. The molecule has 0 aliphatic carbocycles.